The van der Waals surface area contributed by atoms with Gasteiger partial charge in [0.1, 0.15) is 0 Å². The van der Waals surface area contributed by atoms with Gasteiger partial charge in [0.25, 0.3) is 0 Å². The topological polar surface area (TPSA) is 148 Å². The average molecular weight is 588 g/mol. The van der Waals surface area contributed by atoms with Crippen LogP contribution in [0.1, 0.15) is 89.9 Å². The second-order valence-corrected chi connectivity index (χ2v) is 13.6. The second kappa shape index (κ2) is 13.7. The molecule has 3 aliphatic carbocycles. The predicted molar refractivity (Wildman–Crippen MR) is 155 cm³/mol. The highest BCUT2D eigenvalue weighted by molar-refractivity contribution is 5.89. The monoisotopic (exact) mass is 587 g/mol. The van der Waals surface area contributed by atoms with E-state index in [0.29, 0.717) is 50.0 Å². The number of carbonyl (C=O) groups is 5. The fraction of sp³-hybridized carbons (Fsp3) is 0.839. The lowest BCUT2D eigenvalue weighted by atomic mass is 9.78. The highest BCUT2D eigenvalue weighted by Gasteiger charge is 2.44. The zero-order valence-corrected chi connectivity index (χ0v) is 25.0. The van der Waals surface area contributed by atoms with Gasteiger partial charge in [-0.3, -0.25) is 24.0 Å². The van der Waals surface area contributed by atoms with Crippen molar-refractivity contribution in [3.05, 3.63) is 0 Å². The van der Waals surface area contributed by atoms with Crippen LogP contribution in [0, 0.1) is 23.7 Å². The van der Waals surface area contributed by atoms with E-state index in [1.165, 1.54) is 30.6 Å². The maximum Gasteiger partial charge on any atom is 0.305 e. The maximum atomic E-state index is 13.3. The number of carboxylic acid groups (broad SMARTS) is 1. The number of amides is 4. The van der Waals surface area contributed by atoms with Gasteiger partial charge in [-0.15, -0.1) is 0 Å². The lowest BCUT2D eigenvalue weighted by Crippen LogP contribution is -2.51. The van der Waals surface area contributed by atoms with Gasteiger partial charge < -0.3 is 30.9 Å². The number of nitrogens with zero attached hydrogens (tertiary/aromatic N) is 2. The van der Waals surface area contributed by atoms with Gasteiger partial charge >= 0.3 is 5.97 Å². The molecule has 2 aliphatic heterocycles. The summed E-state index contributed by atoms with van der Waals surface area (Å²) in [4.78, 5) is 65.8. The molecule has 5 rings (SSSR count). The second-order valence-electron chi connectivity index (χ2n) is 13.6. The Balaban J connectivity index is 1.04. The molecule has 0 aromatic rings. The van der Waals surface area contributed by atoms with Crippen molar-refractivity contribution in [3.63, 3.8) is 0 Å². The van der Waals surface area contributed by atoms with Crippen LogP contribution in [-0.2, 0) is 24.0 Å². The summed E-state index contributed by atoms with van der Waals surface area (Å²) in [7, 11) is 1.71. The van der Waals surface area contributed by atoms with Crippen LogP contribution in [0.5, 0.6) is 0 Å². The van der Waals surface area contributed by atoms with Crippen molar-refractivity contribution in [1.29, 1.82) is 0 Å². The van der Waals surface area contributed by atoms with Crippen molar-refractivity contribution in [2.24, 2.45) is 23.7 Å². The summed E-state index contributed by atoms with van der Waals surface area (Å²) in [5, 5.41) is 19.1. The van der Waals surface area contributed by atoms with Gasteiger partial charge in [-0.2, -0.15) is 0 Å². The van der Waals surface area contributed by atoms with Crippen LogP contribution < -0.4 is 16.0 Å². The smallest absolute Gasteiger partial charge is 0.305 e. The van der Waals surface area contributed by atoms with Gasteiger partial charge in [0.15, 0.2) is 0 Å². The molecule has 11 nitrogen and oxygen atoms in total. The number of carbonyl (C=O) groups excluding carboxylic acids is 4. The molecule has 2 saturated heterocycles. The van der Waals surface area contributed by atoms with E-state index >= 15 is 0 Å². The molecular weight excluding hydrogens is 538 g/mol. The molecule has 234 valence electrons. The standard InChI is InChI=1S/C31H49N5O6/c1-35-26-11-10-22(16-24(26)31(42)36(18-29(35)39)13-12-30(40)41)34-27(37)14-19-6-8-21(9-7-19)33-28(38)15-20-17-32-25-5-3-2-4-23(20)25/h19-26,32H,2-18H2,1H3,(H,33,38)(H,34,37)(H,40,41). The zero-order valence-electron chi connectivity index (χ0n) is 25.0. The first kappa shape index (κ1) is 30.8. The fourth-order valence-electron chi connectivity index (χ4n) is 8.45. The zero-order chi connectivity index (χ0) is 29.8. The van der Waals surface area contributed by atoms with E-state index in [-0.39, 0.29) is 67.2 Å². The minimum Gasteiger partial charge on any atom is -0.481 e. The van der Waals surface area contributed by atoms with Crippen molar-refractivity contribution in [3.8, 4) is 0 Å². The van der Waals surface area contributed by atoms with Gasteiger partial charge in [-0.05, 0) is 82.1 Å². The highest BCUT2D eigenvalue weighted by Crippen LogP contribution is 2.37. The summed E-state index contributed by atoms with van der Waals surface area (Å²) >= 11 is 0. The molecular formula is C31H49N5O6. The minimum atomic E-state index is -1.01. The Kier molecular flexibility index (Phi) is 10.1. The van der Waals surface area contributed by atoms with Gasteiger partial charge in [-0.25, -0.2) is 0 Å². The van der Waals surface area contributed by atoms with Gasteiger partial charge in [-0.1, -0.05) is 12.8 Å². The van der Waals surface area contributed by atoms with Crippen LogP contribution in [0.25, 0.3) is 0 Å². The number of hydrogen-bond acceptors (Lipinski definition) is 6. The predicted octanol–water partition coefficient (Wildman–Crippen LogP) is 1.65. The van der Waals surface area contributed by atoms with E-state index in [4.69, 9.17) is 5.11 Å². The summed E-state index contributed by atoms with van der Waals surface area (Å²) in [6, 6.07) is 0.418. The number of fused-ring (bicyclic) bond motifs is 2. The number of carboxylic acids is 1. The molecule has 6 atom stereocenters. The first-order chi connectivity index (χ1) is 20.2. The third kappa shape index (κ3) is 7.44. The Morgan fingerprint density at radius 2 is 1.60 bits per heavy atom. The van der Waals surface area contributed by atoms with Gasteiger partial charge in [0.05, 0.1) is 18.9 Å². The fourth-order valence-corrected chi connectivity index (χ4v) is 8.45. The summed E-state index contributed by atoms with van der Waals surface area (Å²) in [6.07, 6.45) is 11.3. The van der Waals surface area contributed by atoms with E-state index < -0.39 is 11.9 Å². The molecule has 0 bridgehead atoms. The van der Waals surface area contributed by atoms with Gasteiger partial charge in [0, 0.05) is 50.6 Å². The first-order valence-corrected chi connectivity index (χ1v) is 16.3. The Bertz CT molecular complexity index is 1030. The van der Waals surface area contributed by atoms with Crippen molar-refractivity contribution < 1.29 is 29.1 Å². The lowest BCUT2D eigenvalue weighted by Gasteiger charge is -2.39. The molecule has 0 spiro atoms. The number of rotatable bonds is 9. The SMILES string of the molecule is CN1C(=O)CN(CCC(=O)O)C(=O)C2CC(NC(=O)CC3CCC(NC(=O)CC4CNC5CCCCC45)CC3)CCC21. The van der Waals surface area contributed by atoms with E-state index in [2.05, 4.69) is 16.0 Å². The number of aliphatic carboxylic acids is 1. The molecule has 3 saturated carbocycles. The maximum absolute atomic E-state index is 13.3. The molecule has 6 unspecified atom stereocenters. The van der Waals surface area contributed by atoms with E-state index in [9.17, 15) is 24.0 Å². The van der Waals surface area contributed by atoms with Crippen molar-refractivity contribution in [1.82, 2.24) is 25.8 Å². The van der Waals surface area contributed by atoms with E-state index in [1.54, 1.807) is 11.9 Å². The van der Waals surface area contributed by atoms with Crippen molar-refractivity contribution >= 4 is 29.6 Å². The summed E-state index contributed by atoms with van der Waals surface area (Å²) in [5.41, 5.74) is 0. The minimum absolute atomic E-state index is 0.00468. The summed E-state index contributed by atoms with van der Waals surface area (Å²) in [6.45, 7) is 0.864. The molecule has 11 heteroatoms. The van der Waals surface area contributed by atoms with Crippen LogP contribution in [0.3, 0.4) is 0 Å². The first-order valence-electron chi connectivity index (χ1n) is 16.3. The third-order valence-corrected chi connectivity index (χ3v) is 10.8. The molecule has 0 aromatic carbocycles. The summed E-state index contributed by atoms with van der Waals surface area (Å²) in [5.74, 6) is -0.273. The Morgan fingerprint density at radius 3 is 2.36 bits per heavy atom. The van der Waals surface area contributed by atoms with Crippen LogP contribution >= 0.6 is 0 Å². The van der Waals surface area contributed by atoms with Crippen LogP contribution in [0.4, 0.5) is 0 Å². The van der Waals surface area contributed by atoms with Crippen LogP contribution in [-0.4, -0.2) is 95.4 Å². The number of nitrogens with one attached hydrogen (secondary N) is 3. The summed E-state index contributed by atoms with van der Waals surface area (Å²) < 4.78 is 0. The molecule has 2 heterocycles. The molecule has 4 amide bonds. The highest BCUT2D eigenvalue weighted by atomic mass is 16.4. The largest absolute Gasteiger partial charge is 0.481 e. The number of hydrogen-bond donors (Lipinski definition) is 4. The Morgan fingerprint density at radius 1 is 0.905 bits per heavy atom. The van der Waals surface area contributed by atoms with Crippen LogP contribution in [0.15, 0.2) is 0 Å². The molecule has 5 fully saturated rings. The Labute approximate surface area is 248 Å². The van der Waals surface area contributed by atoms with Crippen LogP contribution in [0.2, 0.25) is 0 Å². The van der Waals surface area contributed by atoms with E-state index in [1.807, 2.05) is 0 Å². The molecule has 4 N–H and O–H groups in total. The third-order valence-electron chi connectivity index (χ3n) is 10.8. The number of likely N-dealkylation sites (N-methyl/N-ethyl adjacent to an activating group) is 1. The van der Waals surface area contributed by atoms with Gasteiger partial charge in [0.2, 0.25) is 23.6 Å². The Hall–Kier alpha value is -2.69. The van der Waals surface area contributed by atoms with Crippen molar-refractivity contribution in [2.45, 2.75) is 114 Å². The molecule has 0 radical (unpaired) electrons. The molecule has 42 heavy (non-hydrogen) atoms. The molecule has 5 aliphatic rings. The van der Waals surface area contributed by atoms with Crippen molar-refractivity contribution in [2.75, 3.05) is 26.7 Å². The lowest BCUT2D eigenvalue weighted by molar-refractivity contribution is -0.141. The average Bonchev–Trinajstić information content (AvgIpc) is 3.34. The normalized spacial score (nSPS) is 35.2. The molecule has 0 aromatic heterocycles. The quantitative estimate of drug-likeness (QED) is 0.321. The van der Waals surface area contributed by atoms with E-state index in [0.717, 1.165) is 32.2 Å².